The maximum Gasteiger partial charge on any atom is 0.101 e. The second-order valence-corrected chi connectivity index (χ2v) is 4.84. The molecule has 0 radical (unpaired) electrons. The summed E-state index contributed by atoms with van der Waals surface area (Å²) in [5.41, 5.74) is 1.13. The fourth-order valence-corrected chi connectivity index (χ4v) is 1.98. The Hall–Kier alpha value is -1.09. The van der Waals surface area contributed by atoms with Crippen molar-refractivity contribution in [3.05, 3.63) is 40.5 Å². The van der Waals surface area contributed by atoms with E-state index < -0.39 is 10.8 Å². The van der Waals surface area contributed by atoms with Gasteiger partial charge >= 0.3 is 0 Å². The third kappa shape index (κ3) is 2.45. The molecule has 0 aliphatic heterocycles. The van der Waals surface area contributed by atoms with Crippen LogP contribution in [0.2, 0.25) is 0 Å². The molecule has 1 aromatic rings. The molecule has 0 amide bonds. The van der Waals surface area contributed by atoms with Crippen molar-refractivity contribution in [3.8, 4) is 0 Å². The van der Waals surface area contributed by atoms with Gasteiger partial charge in [-0.15, -0.1) is 0 Å². The number of benzene rings is 1. The Bertz CT molecular complexity index is 373. The first kappa shape index (κ1) is 11.0. The molecule has 0 unspecified atom stereocenters. The lowest BCUT2D eigenvalue weighted by Gasteiger charge is -2.03. The van der Waals surface area contributed by atoms with Gasteiger partial charge < -0.3 is 5.11 Å². The van der Waals surface area contributed by atoms with Gasteiger partial charge in [-0.2, -0.15) is 0 Å². The van der Waals surface area contributed by atoms with Crippen LogP contribution in [0.1, 0.15) is 19.4 Å². The van der Waals surface area contributed by atoms with E-state index in [9.17, 15) is 9.32 Å². The smallest absolute Gasteiger partial charge is 0.101 e. The van der Waals surface area contributed by atoms with E-state index in [1.165, 1.54) is 0 Å². The third-order valence-corrected chi connectivity index (χ3v) is 3.57. The van der Waals surface area contributed by atoms with Crippen LogP contribution < -0.4 is 0 Å². The molecule has 0 saturated heterocycles. The molecule has 0 heterocycles. The molecule has 1 N–H and O–H groups in total. The lowest BCUT2D eigenvalue weighted by Crippen LogP contribution is -1.95. The lowest BCUT2D eigenvalue weighted by atomic mass is 10.2. The van der Waals surface area contributed by atoms with E-state index in [1.807, 2.05) is 31.2 Å². The van der Waals surface area contributed by atoms with Crippen LogP contribution >= 0.6 is 0 Å². The van der Waals surface area contributed by atoms with Crippen molar-refractivity contribution in [2.75, 3.05) is 0 Å². The molecule has 0 aliphatic carbocycles. The molecule has 0 saturated carbocycles. The number of hydrogen-bond acceptors (Lipinski definition) is 2. The van der Waals surface area contributed by atoms with Gasteiger partial charge in [0.05, 0.1) is 15.7 Å². The summed E-state index contributed by atoms with van der Waals surface area (Å²) < 4.78 is 11.8. The number of aliphatic hydroxyl groups is 1. The third-order valence-electron chi connectivity index (χ3n) is 2.02. The van der Waals surface area contributed by atoms with Crippen molar-refractivity contribution >= 4 is 10.8 Å². The van der Waals surface area contributed by atoms with Crippen LogP contribution in [0.15, 0.2) is 39.8 Å². The quantitative estimate of drug-likeness (QED) is 0.762. The van der Waals surface area contributed by atoms with Gasteiger partial charge in [-0.3, -0.25) is 0 Å². The van der Waals surface area contributed by atoms with Gasteiger partial charge in [-0.1, -0.05) is 17.7 Å². The highest BCUT2D eigenvalue weighted by Crippen LogP contribution is 2.16. The van der Waals surface area contributed by atoms with Crippen molar-refractivity contribution in [1.82, 2.24) is 0 Å². The highest BCUT2D eigenvalue weighted by Gasteiger charge is 2.07. The predicted molar refractivity (Wildman–Crippen MR) is 58.6 cm³/mol. The van der Waals surface area contributed by atoms with Crippen LogP contribution in [-0.2, 0) is 10.8 Å². The van der Waals surface area contributed by atoms with E-state index >= 15 is 0 Å². The van der Waals surface area contributed by atoms with E-state index in [4.69, 9.17) is 0 Å². The number of aryl methyl sites for hydroxylation is 1. The van der Waals surface area contributed by atoms with Crippen molar-refractivity contribution < 1.29 is 9.32 Å². The molecule has 0 aliphatic rings. The Balaban J connectivity index is 3.02. The van der Waals surface area contributed by atoms with Gasteiger partial charge in [0.1, 0.15) is 5.76 Å². The van der Waals surface area contributed by atoms with Crippen molar-refractivity contribution in [2.45, 2.75) is 25.7 Å². The molecule has 3 heteroatoms. The maximum atomic E-state index is 11.8. The Morgan fingerprint density at radius 2 is 1.71 bits per heavy atom. The first-order valence-electron chi connectivity index (χ1n) is 4.37. The van der Waals surface area contributed by atoms with Gasteiger partial charge in [-0.05, 0) is 32.9 Å². The molecular formula is C11H14O2S. The van der Waals surface area contributed by atoms with E-state index in [-0.39, 0.29) is 5.76 Å². The van der Waals surface area contributed by atoms with Crippen molar-refractivity contribution in [1.29, 1.82) is 0 Å². The summed E-state index contributed by atoms with van der Waals surface area (Å²) >= 11 is 0. The molecule has 1 aromatic carbocycles. The standard InChI is InChI=1S/C11H14O2S/c1-8-4-6-11(7-5-8)14(13)10(3)9(2)12/h4-7,12H,1-3H3/b10-9-/t14-/m0/s1. The molecule has 0 spiro atoms. The van der Waals surface area contributed by atoms with Gasteiger partial charge in [0.15, 0.2) is 0 Å². The van der Waals surface area contributed by atoms with Crippen LogP contribution in [-0.4, -0.2) is 9.32 Å². The van der Waals surface area contributed by atoms with Crippen LogP contribution in [0, 0.1) is 6.92 Å². The van der Waals surface area contributed by atoms with Gasteiger partial charge in [0, 0.05) is 4.90 Å². The van der Waals surface area contributed by atoms with E-state index in [0.717, 1.165) is 10.5 Å². The molecule has 1 rings (SSSR count). The SMILES string of the molecule is C/C(O)=C(\C)[S@](=O)c1ccc(C)cc1. The van der Waals surface area contributed by atoms with Crippen molar-refractivity contribution in [2.24, 2.45) is 0 Å². The molecule has 1 atom stereocenters. The van der Waals surface area contributed by atoms with Crippen LogP contribution in [0.5, 0.6) is 0 Å². The Morgan fingerprint density at radius 1 is 1.21 bits per heavy atom. The average Bonchev–Trinajstić information content (AvgIpc) is 2.16. The van der Waals surface area contributed by atoms with E-state index in [2.05, 4.69) is 0 Å². The monoisotopic (exact) mass is 210 g/mol. The first-order valence-corrected chi connectivity index (χ1v) is 5.52. The van der Waals surface area contributed by atoms with Crippen LogP contribution in [0.4, 0.5) is 0 Å². The van der Waals surface area contributed by atoms with Gasteiger partial charge in [-0.25, -0.2) is 4.21 Å². The Kier molecular flexibility index (Phi) is 3.47. The summed E-state index contributed by atoms with van der Waals surface area (Å²) in [6.45, 7) is 5.19. The average molecular weight is 210 g/mol. The zero-order valence-corrected chi connectivity index (χ0v) is 9.39. The van der Waals surface area contributed by atoms with Crippen LogP contribution in [0.25, 0.3) is 0 Å². The zero-order valence-electron chi connectivity index (χ0n) is 8.57. The van der Waals surface area contributed by atoms with Gasteiger partial charge in [0.2, 0.25) is 0 Å². The largest absolute Gasteiger partial charge is 0.512 e. The topological polar surface area (TPSA) is 37.3 Å². The second kappa shape index (κ2) is 4.42. The number of aliphatic hydroxyl groups excluding tert-OH is 1. The second-order valence-electron chi connectivity index (χ2n) is 3.22. The van der Waals surface area contributed by atoms with Gasteiger partial charge in [0.25, 0.3) is 0 Å². The zero-order chi connectivity index (χ0) is 10.7. The minimum absolute atomic E-state index is 0.129. The minimum Gasteiger partial charge on any atom is -0.512 e. The molecule has 2 nitrogen and oxygen atoms in total. The number of rotatable bonds is 2. The van der Waals surface area contributed by atoms with Crippen LogP contribution in [0.3, 0.4) is 0 Å². The molecule has 76 valence electrons. The fraction of sp³-hybridized carbons (Fsp3) is 0.273. The highest BCUT2D eigenvalue weighted by atomic mass is 32.2. The maximum absolute atomic E-state index is 11.8. The summed E-state index contributed by atoms with van der Waals surface area (Å²) in [5, 5.41) is 9.19. The summed E-state index contributed by atoms with van der Waals surface area (Å²) in [6, 6.07) is 7.45. The summed E-state index contributed by atoms with van der Waals surface area (Å²) in [4.78, 5) is 1.23. The lowest BCUT2D eigenvalue weighted by molar-refractivity contribution is 0.411. The predicted octanol–water partition coefficient (Wildman–Crippen LogP) is 2.91. The summed E-state index contributed by atoms with van der Waals surface area (Å²) in [7, 11) is -1.24. The van der Waals surface area contributed by atoms with E-state index in [1.54, 1.807) is 13.8 Å². The fourth-order valence-electron chi connectivity index (χ4n) is 0.973. The molecule has 0 aromatic heterocycles. The molecular weight excluding hydrogens is 196 g/mol. The number of hydrogen-bond donors (Lipinski definition) is 1. The number of allylic oxidation sites excluding steroid dienone is 2. The summed E-state index contributed by atoms with van der Waals surface area (Å²) in [5.74, 6) is 0.129. The minimum atomic E-state index is -1.24. The normalized spacial score (nSPS) is 14.8. The Morgan fingerprint density at radius 3 is 2.14 bits per heavy atom. The highest BCUT2D eigenvalue weighted by molar-refractivity contribution is 7.89. The van der Waals surface area contributed by atoms with E-state index in [0.29, 0.717) is 4.91 Å². The first-order chi connectivity index (χ1) is 6.52. The molecule has 14 heavy (non-hydrogen) atoms. The molecule has 0 fully saturated rings. The van der Waals surface area contributed by atoms with Crippen molar-refractivity contribution in [3.63, 3.8) is 0 Å². The Labute approximate surface area is 86.7 Å². The summed E-state index contributed by atoms with van der Waals surface area (Å²) in [6.07, 6.45) is 0. The molecule has 0 bridgehead atoms.